The fourth-order valence-corrected chi connectivity index (χ4v) is 1.85. The van der Waals surface area contributed by atoms with Crippen molar-refractivity contribution < 1.29 is 19.7 Å². The van der Waals surface area contributed by atoms with Gasteiger partial charge in [0.1, 0.15) is 18.5 Å². The molecule has 1 rings (SSSR count). The normalized spacial score (nSPS) is 12.1. The molecule has 0 aliphatic carbocycles. The Labute approximate surface area is 125 Å². The van der Waals surface area contributed by atoms with Gasteiger partial charge < -0.3 is 19.7 Å². The second-order valence-electron chi connectivity index (χ2n) is 4.62. The first-order chi connectivity index (χ1) is 10.2. The molecule has 1 aromatic rings. The highest BCUT2D eigenvalue weighted by Gasteiger charge is 2.12. The molecule has 1 aromatic carbocycles. The maximum absolute atomic E-state index is 9.98. The first-order valence-electron chi connectivity index (χ1n) is 6.82. The van der Waals surface area contributed by atoms with Gasteiger partial charge in [0.25, 0.3) is 0 Å². The van der Waals surface area contributed by atoms with Crippen molar-refractivity contribution in [3.8, 4) is 11.8 Å². The van der Waals surface area contributed by atoms with E-state index in [2.05, 4.69) is 0 Å². The van der Waals surface area contributed by atoms with Gasteiger partial charge in [-0.2, -0.15) is 5.26 Å². The van der Waals surface area contributed by atoms with Crippen LogP contribution in [0.2, 0.25) is 0 Å². The maximum Gasteiger partial charge on any atom is 0.120 e. The van der Waals surface area contributed by atoms with Crippen molar-refractivity contribution in [3.05, 3.63) is 29.8 Å². The van der Waals surface area contributed by atoms with Crippen LogP contribution in [-0.4, -0.2) is 67.8 Å². The predicted molar refractivity (Wildman–Crippen MR) is 78.1 cm³/mol. The van der Waals surface area contributed by atoms with Crippen molar-refractivity contribution >= 4 is 0 Å². The van der Waals surface area contributed by atoms with Crippen LogP contribution in [-0.2, 0) is 4.74 Å². The number of ether oxygens (including phenoxy) is 2. The van der Waals surface area contributed by atoms with E-state index >= 15 is 0 Å². The van der Waals surface area contributed by atoms with Gasteiger partial charge in [-0.3, -0.25) is 4.90 Å². The number of aliphatic hydroxyl groups is 2. The van der Waals surface area contributed by atoms with Gasteiger partial charge in [0.05, 0.1) is 24.8 Å². The summed E-state index contributed by atoms with van der Waals surface area (Å²) in [4.78, 5) is 1.91. The van der Waals surface area contributed by atoms with E-state index in [1.807, 2.05) is 11.0 Å². The molecule has 6 nitrogen and oxygen atoms in total. The molecule has 6 heteroatoms. The predicted octanol–water partition coefficient (Wildman–Crippen LogP) is 0.239. The van der Waals surface area contributed by atoms with Crippen molar-refractivity contribution in [1.29, 1.82) is 5.26 Å². The molecule has 116 valence electrons. The maximum atomic E-state index is 9.98. The number of nitrogens with zero attached hydrogens (tertiary/aromatic N) is 2. The van der Waals surface area contributed by atoms with Crippen LogP contribution in [0.5, 0.6) is 5.75 Å². The molecule has 21 heavy (non-hydrogen) atoms. The molecule has 0 bridgehead atoms. The molecule has 0 amide bonds. The summed E-state index contributed by atoms with van der Waals surface area (Å²) in [5.74, 6) is 0.554. The molecule has 0 aromatic heterocycles. The van der Waals surface area contributed by atoms with Crippen LogP contribution in [0.4, 0.5) is 0 Å². The minimum Gasteiger partial charge on any atom is -0.491 e. The molecule has 1 unspecified atom stereocenters. The Bertz CT molecular complexity index is 448. The molecule has 2 N–H and O–H groups in total. The monoisotopic (exact) mass is 294 g/mol. The smallest absolute Gasteiger partial charge is 0.120 e. The fraction of sp³-hybridized carbons (Fsp3) is 0.533. The lowest BCUT2D eigenvalue weighted by Crippen LogP contribution is -2.39. The quantitative estimate of drug-likeness (QED) is 0.643. The van der Waals surface area contributed by atoms with Gasteiger partial charge in [0.2, 0.25) is 0 Å². The molecule has 0 heterocycles. The van der Waals surface area contributed by atoms with E-state index in [0.717, 1.165) is 0 Å². The fourth-order valence-electron chi connectivity index (χ4n) is 1.85. The van der Waals surface area contributed by atoms with E-state index in [-0.39, 0.29) is 13.2 Å². The Kier molecular flexibility index (Phi) is 8.40. The molecular weight excluding hydrogens is 272 g/mol. The lowest BCUT2D eigenvalue weighted by Gasteiger charge is -2.24. The van der Waals surface area contributed by atoms with Crippen LogP contribution in [0.15, 0.2) is 24.3 Å². The van der Waals surface area contributed by atoms with E-state index in [0.29, 0.717) is 37.6 Å². The highest BCUT2D eigenvalue weighted by atomic mass is 16.5. The Morgan fingerprint density at radius 3 is 2.86 bits per heavy atom. The van der Waals surface area contributed by atoms with Gasteiger partial charge in [-0.1, -0.05) is 6.07 Å². The van der Waals surface area contributed by atoms with Gasteiger partial charge in [-0.15, -0.1) is 0 Å². The third kappa shape index (κ3) is 7.06. The zero-order valence-corrected chi connectivity index (χ0v) is 12.2. The molecular formula is C15H22N2O4. The topological polar surface area (TPSA) is 86.0 Å². The molecule has 0 radical (unpaired) electrons. The third-order valence-electron chi connectivity index (χ3n) is 2.90. The zero-order chi connectivity index (χ0) is 15.5. The molecule has 0 aliphatic rings. The number of nitriles is 1. The van der Waals surface area contributed by atoms with Gasteiger partial charge in [0.15, 0.2) is 0 Å². The summed E-state index contributed by atoms with van der Waals surface area (Å²) in [6.07, 6.45) is -0.681. The van der Waals surface area contributed by atoms with Crippen molar-refractivity contribution in [3.63, 3.8) is 0 Å². The third-order valence-corrected chi connectivity index (χ3v) is 2.90. The van der Waals surface area contributed by atoms with Crippen molar-refractivity contribution in [2.45, 2.75) is 6.10 Å². The Morgan fingerprint density at radius 1 is 1.38 bits per heavy atom. The summed E-state index contributed by atoms with van der Waals surface area (Å²) >= 11 is 0. The van der Waals surface area contributed by atoms with E-state index in [1.165, 1.54) is 0 Å². The van der Waals surface area contributed by atoms with Crippen LogP contribution in [0.25, 0.3) is 0 Å². The molecule has 0 saturated heterocycles. The van der Waals surface area contributed by atoms with Crippen LogP contribution in [0.1, 0.15) is 5.56 Å². The second-order valence-corrected chi connectivity index (χ2v) is 4.62. The Balaban J connectivity index is 2.40. The average Bonchev–Trinajstić information content (AvgIpc) is 2.51. The van der Waals surface area contributed by atoms with Gasteiger partial charge in [-0.05, 0) is 18.2 Å². The zero-order valence-electron chi connectivity index (χ0n) is 12.2. The lowest BCUT2D eigenvalue weighted by molar-refractivity contribution is 0.0505. The van der Waals surface area contributed by atoms with Gasteiger partial charge >= 0.3 is 0 Å². The highest BCUT2D eigenvalue weighted by molar-refractivity contribution is 5.36. The van der Waals surface area contributed by atoms with Crippen molar-refractivity contribution in [1.82, 2.24) is 4.90 Å². The van der Waals surface area contributed by atoms with E-state index < -0.39 is 6.10 Å². The second kappa shape index (κ2) is 10.1. The van der Waals surface area contributed by atoms with E-state index in [4.69, 9.17) is 19.8 Å². The summed E-state index contributed by atoms with van der Waals surface area (Å²) < 4.78 is 10.5. The summed E-state index contributed by atoms with van der Waals surface area (Å²) in [5.41, 5.74) is 0.518. The number of aliphatic hydroxyl groups excluding tert-OH is 2. The van der Waals surface area contributed by atoms with Crippen LogP contribution < -0.4 is 4.74 Å². The standard InChI is InChI=1S/C15H22N2O4/c1-20-8-6-17(5-7-18)11-14(19)12-21-15-4-2-3-13(9-15)10-16/h2-4,9,14,18-19H,5-8,11-12H2,1H3. The summed E-state index contributed by atoms with van der Waals surface area (Å²) in [6.45, 7) is 2.20. The van der Waals surface area contributed by atoms with Gasteiger partial charge in [0, 0.05) is 26.7 Å². The number of hydrogen-bond acceptors (Lipinski definition) is 6. The highest BCUT2D eigenvalue weighted by Crippen LogP contribution is 2.12. The van der Waals surface area contributed by atoms with Gasteiger partial charge in [-0.25, -0.2) is 0 Å². The first-order valence-corrected chi connectivity index (χ1v) is 6.82. The first kappa shape index (κ1) is 17.4. The molecule has 0 spiro atoms. The van der Waals surface area contributed by atoms with Crippen LogP contribution in [0, 0.1) is 11.3 Å². The summed E-state index contributed by atoms with van der Waals surface area (Å²) in [5, 5.41) is 27.8. The van der Waals surface area contributed by atoms with E-state index in [9.17, 15) is 5.11 Å². The molecule has 0 saturated carbocycles. The number of methoxy groups -OCH3 is 1. The summed E-state index contributed by atoms with van der Waals surface area (Å²) in [7, 11) is 1.61. The summed E-state index contributed by atoms with van der Waals surface area (Å²) in [6, 6.07) is 8.83. The van der Waals surface area contributed by atoms with Crippen molar-refractivity contribution in [2.24, 2.45) is 0 Å². The number of benzene rings is 1. The Morgan fingerprint density at radius 2 is 2.19 bits per heavy atom. The minimum absolute atomic E-state index is 0.0293. The van der Waals surface area contributed by atoms with E-state index in [1.54, 1.807) is 31.4 Å². The van der Waals surface area contributed by atoms with Crippen LogP contribution in [0.3, 0.4) is 0 Å². The molecule has 0 fully saturated rings. The number of rotatable bonds is 10. The number of hydrogen-bond donors (Lipinski definition) is 2. The molecule has 1 atom stereocenters. The average molecular weight is 294 g/mol. The van der Waals surface area contributed by atoms with Crippen molar-refractivity contribution in [2.75, 3.05) is 46.6 Å². The molecule has 0 aliphatic heterocycles. The largest absolute Gasteiger partial charge is 0.491 e. The lowest BCUT2D eigenvalue weighted by atomic mass is 10.2. The van der Waals surface area contributed by atoms with Crippen LogP contribution >= 0.6 is 0 Å². The SMILES string of the molecule is COCCN(CCO)CC(O)COc1cccc(C#N)c1. The minimum atomic E-state index is -0.681. The Hall–Kier alpha value is -1.65.